The highest BCUT2D eigenvalue weighted by molar-refractivity contribution is 6.30. The second-order valence-corrected chi connectivity index (χ2v) is 8.66. The first-order chi connectivity index (χ1) is 16.3. The number of hydrogen-bond donors (Lipinski definition) is 0. The van der Waals surface area contributed by atoms with Gasteiger partial charge in [0.15, 0.2) is 5.82 Å². The van der Waals surface area contributed by atoms with Crippen LogP contribution in [0.5, 0.6) is 0 Å². The van der Waals surface area contributed by atoms with Gasteiger partial charge in [-0.05, 0) is 36.4 Å². The summed E-state index contributed by atoms with van der Waals surface area (Å²) < 4.78 is 38.5. The molecular weight excluding hydrogens is 461 g/mol. The van der Waals surface area contributed by atoms with Gasteiger partial charge in [-0.1, -0.05) is 41.9 Å². The van der Waals surface area contributed by atoms with E-state index in [2.05, 4.69) is 14.9 Å². The average molecular weight is 481 g/mol. The highest BCUT2D eigenvalue weighted by Gasteiger charge is 2.30. The van der Waals surface area contributed by atoms with Gasteiger partial charge >= 0.3 is 6.18 Å². The van der Waals surface area contributed by atoms with E-state index in [0.29, 0.717) is 29.5 Å². The fourth-order valence-corrected chi connectivity index (χ4v) is 4.16. The zero-order chi connectivity index (χ0) is 23.7. The van der Waals surface area contributed by atoms with Gasteiger partial charge in [0, 0.05) is 54.0 Å². The van der Waals surface area contributed by atoms with Crippen LogP contribution in [0.25, 0.3) is 22.6 Å². The minimum Gasteiger partial charge on any atom is -0.293 e. The van der Waals surface area contributed by atoms with Crippen LogP contribution >= 0.6 is 11.6 Å². The summed E-state index contributed by atoms with van der Waals surface area (Å²) in [7, 11) is 0. The molecule has 0 spiro atoms. The SMILES string of the molecule is FC(F)(F)c1ccc(-c2ncc3c(n2)CCN(Cc2cccc(-c4ccc(Cl)cc4)n2)C3)cc1. The van der Waals surface area contributed by atoms with Crippen LogP contribution in [-0.2, 0) is 25.7 Å². The van der Waals surface area contributed by atoms with Crippen molar-refractivity contribution in [1.29, 1.82) is 0 Å². The summed E-state index contributed by atoms with van der Waals surface area (Å²) in [6.07, 6.45) is -1.84. The molecule has 0 amide bonds. The van der Waals surface area contributed by atoms with Crippen molar-refractivity contribution in [3.63, 3.8) is 0 Å². The molecule has 8 heteroatoms. The Kier molecular flexibility index (Phi) is 6.06. The van der Waals surface area contributed by atoms with Gasteiger partial charge in [-0.2, -0.15) is 13.2 Å². The van der Waals surface area contributed by atoms with Crippen LogP contribution in [-0.4, -0.2) is 26.4 Å². The number of fused-ring (bicyclic) bond motifs is 1. The monoisotopic (exact) mass is 480 g/mol. The lowest BCUT2D eigenvalue weighted by Crippen LogP contribution is -2.31. The summed E-state index contributed by atoms with van der Waals surface area (Å²) in [5, 5.41) is 0.690. The number of rotatable bonds is 4. The molecule has 172 valence electrons. The zero-order valence-electron chi connectivity index (χ0n) is 18.1. The Hall–Kier alpha value is -3.29. The predicted octanol–water partition coefficient (Wildman–Crippen LogP) is 6.44. The summed E-state index contributed by atoms with van der Waals surface area (Å²) >= 11 is 5.99. The Labute approximate surface area is 200 Å². The minimum absolute atomic E-state index is 0.443. The molecular formula is C26H20ClF3N4. The van der Waals surface area contributed by atoms with Crippen molar-refractivity contribution in [3.05, 3.63) is 100 Å². The first-order valence-electron chi connectivity index (χ1n) is 10.8. The maximum Gasteiger partial charge on any atom is 0.416 e. The third-order valence-corrected chi connectivity index (χ3v) is 6.07. The van der Waals surface area contributed by atoms with Crippen LogP contribution in [0, 0.1) is 0 Å². The lowest BCUT2D eigenvalue weighted by molar-refractivity contribution is -0.137. The van der Waals surface area contributed by atoms with Crippen LogP contribution in [0.1, 0.15) is 22.5 Å². The van der Waals surface area contributed by atoms with Crippen molar-refractivity contribution in [2.45, 2.75) is 25.7 Å². The van der Waals surface area contributed by atoms with E-state index in [1.54, 1.807) is 6.20 Å². The van der Waals surface area contributed by atoms with Gasteiger partial charge in [0.05, 0.1) is 22.6 Å². The van der Waals surface area contributed by atoms with E-state index < -0.39 is 11.7 Å². The van der Waals surface area contributed by atoms with Crippen LogP contribution in [0.3, 0.4) is 0 Å². The molecule has 0 saturated heterocycles. The van der Waals surface area contributed by atoms with E-state index in [0.717, 1.165) is 53.3 Å². The molecule has 3 heterocycles. The van der Waals surface area contributed by atoms with E-state index in [1.165, 1.54) is 12.1 Å². The highest BCUT2D eigenvalue weighted by atomic mass is 35.5. The molecule has 0 radical (unpaired) electrons. The van der Waals surface area contributed by atoms with Crippen molar-refractivity contribution >= 4 is 11.6 Å². The molecule has 0 N–H and O–H groups in total. The van der Waals surface area contributed by atoms with E-state index in [9.17, 15) is 13.2 Å². The average Bonchev–Trinajstić information content (AvgIpc) is 2.84. The number of halogens is 4. The van der Waals surface area contributed by atoms with Crippen molar-refractivity contribution in [1.82, 2.24) is 19.9 Å². The minimum atomic E-state index is -4.36. The van der Waals surface area contributed by atoms with Gasteiger partial charge in [-0.15, -0.1) is 0 Å². The highest BCUT2D eigenvalue weighted by Crippen LogP contribution is 2.31. The Morgan fingerprint density at radius 2 is 1.62 bits per heavy atom. The van der Waals surface area contributed by atoms with E-state index in [4.69, 9.17) is 16.6 Å². The number of hydrogen-bond acceptors (Lipinski definition) is 4. The van der Waals surface area contributed by atoms with Crippen molar-refractivity contribution in [2.24, 2.45) is 0 Å². The van der Waals surface area contributed by atoms with Crippen molar-refractivity contribution in [3.8, 4) is 22.6 Å². The topological polar surface area (TPSA) is 41.9 Å². The number of pyridine rings is 1. The number of nitrogens with zero attached hydrogens (tertiary/aromatic N) is 4. The van der Waals surface area contributed by atoms with E-state index >= 15 is 0 Å². The molecule has 0 fully saturated rings. The Morgan fingerprint density at radius 3 is 2.35 bits per heavy atom. The smallest absolute Gasteiger partial charge is 0.293 e. The zero-order valence-corrected chi connectivity index (χ0v) is 18.8. The van der Waals surface area contributed by atoms with Gasteiger partial charge < -0.3 is 0 Å². The molecule has 0 atom stereocenters. The molecule has 0 aliphatic carbocycles. The fraction of sp³-hybridized carbons (Fsp3) is 0.192. The van der Waals surface area contributed by atoms with Crippen molar-refractivity contribution in [2.75, 3.05) is 6.54 Å². The standard InChI is InChI=1S/C26H20ClF3N4/c27-21-10-6-17(7-11-21)23-3-1-2-22(32-23)16-34-13-12-24-19(15-34)14-31-25(33-24)18-4-8-20(9-5-18)26(28,29)30/h1-11,14H,12-13,15-16H2. The summed E-state index contributed by atoms with van der Waals surface area (Å²) in [6, 6.07) is 18.6. The molecule has 0 unspecified atom stereocenters. The third-order valence-electron chi connectivity index (χ3n) is 5.82. The van der Waals surface area contributed by atoms with Crippen LogP contribution in [0.15, 0.2) is 72.9 Å². The molecule has 0 bridgehead atoms. The second-order valence-electron chi connectivity index (χ2n) is 8.22. The number of benzene rings is 2. The maximum absolute atomic E-state index is 12.8. The first kappa shape index (κ1) is 22.5. The Bertz CT molecular complexity index is 1310. The summed E-state index contributed by atoms with van der Waals surface area (Å²) in [5.74, 6) is 0.443. The molecule has 4 nitrogen and oxygen atoms in total. The lowest BCUT2D eigenvalue weighted by Gasteiger charge is -2.27. The molecule has 4 aromatic rings. The predicted molar refractivity (Wildman–Crippen MR) is 125 cm³/mol. The van der Waals surface area contributed by atoms with E-state index in [1.807, 2.05) is 42.5 Å². The van der Waals surface area contributed by atoms with Crippen LogP contribution in [0.4, 0.5) is 13.2 Å². The normalized spacial score (nSPS) is 14.1. The number of aromatic nitrogens is 3. The quantitative estimate of drug-likeness (QED) is 0.337. The Morgan fingerprint density at radius 1 is 0.882 bits per heavy atom. The number of alkyl halides is 3. The van der Waals surface area contributed by atoms with E-state index in [-0.39, 0.29) is 0 Å². The fourth-order valence-electron chi connectivity index (χ4n) is 4.04. The third kappa shape index (κ3) is 4.95. The van der Waals surface area contributed by atoms with Gasteiger partial charge in [0.25, 0.3) is 0 Å². The van der Waals surface area contributed by atoms with Gasteiger partial charge in [-0.25, -0.2) is 9.97 Å². The summed E-state index contributed by atoms with van der Waals surface area (Å²) in [5.41, 5.74) is 4.73. The maximum atomic E-state index is 12.8. The second kappa shape index (κ2) is 9.16. The molecule has 0 saturated carbocycles. The molecule has 1 aliphatic heterocycles. The van der Waals surface area contributed by atoms with Gasteiger partial charge in [0.1, 0.15) is 0 Å². The van der Waals surface area contributed by atoms with Crippen LogP contribution < -0.4 is 0 Å². The van der Waals surface area contributed by atoms with Gasteiger partial charge in [-0.3, -0.25) is 9.88 Å². The molecule has 34 heavy (non-hydrogen) atoms. The first-order valence-corrected chi connectivity index (χ1v) is 11.2. The molecule has 2 aromatic heterocycles. The van der Waals surface area contributed by atoms with Gasteiger partial charge in [0.2, 0.25) is 0 Å². The molecule has 5 rings (SSSR count). The van der Waals surface area contributed by atoms with Crippen LogP contribution in [0.2, 0.25) is 5.02 Å². The molecule has 2 aromatic carbocycles. The Balaban J connectivity index is 1.29. The van der Waals surface area contributed by atoms with Crippen molar-refractivity contribution < 1.29 is 13.2 Å². The summed E-state index contributed by atoms with van der Waals surface area (Å²) in [4.78, 5) is 16.1. The lowest BCUT2D eigenvalue weighted by atomic mass is 10.1. The summed E-state index contributed by atoms with van der Waals surface area (Å²) in [6.45, 7) is 2.19. The largest absolute Gasteiger partial charge is 0.416 e. The molecule has 1 aliphatic rings.